The largest absolute Gasteiger partial charge is 0.480 e. The van der Waals surface area contributed by atoms with Crippen molar-refractivity contribution in [2.24, 2.45) is 0 Å². The van der Waals surface area contributed by atoms with E-state index in [0.29, 0.717) is 159 Å². The van der Waals surface area contributed by atoms with Crippen molar-refractivity contribution >= 4 is 79.8 Å². The van der Waals surface area contributed by atoms with Crippen LogP contribution in [0.25, 0.3) is 44.1 Å². The molecule has 8 aromatic rings. The lowest BCUT2D eigenvalue weighted by Crippen LogP contribution is -2.41. The number of carboxylic acids is 1. The number of hydrogen-bond donors (Lipinski definition) is 4. The van der Waals surface area contributed by atoms with Gasteiger partial charge in [0.05, 0.1) is 71.0 Å². The molecule has 25 heteroatoms. The van der Waals surface area contributed by atoms with E-state index in [0.717, 1.165) is 30.4 Å². The van der Waals surface area contributed by atoms with E-state index >= 15 is 8.78 Å². The maximum Gasteiger partial charge on any atom is 0.329 e. The molecule has 6 aromatic heterocycles. The molecule has 4 fully saturated rings. The first-order valence-corrected chi connectivity index (χ1v) is 27.8. The number of pyridine rings is 4. The minimum atomic E-state index is -0.964. The van der Waals surface area contributed by atoms with Crippen molar-refractivity contribution in [1.29, 1.82) is 0 Å². The van der Waals surface area contributed by atoms with Gasteiger partial charge >= 0.3 is 11.9 Å². The van der Waals surface area contributed by atoms with Crippen molar-refractivity contribution in [3.8, 4) is 22.3 Å². The summed E-state index contributed by atoms with van der Waals surface area (Å²) in [5.41, 5.74) is 5.51. The van der Waals surface area contributed by atoms with Crippen LogP contribution in [0.4, 0.5) is 63.6 Å². The van der Waals surface area contributed by atoms with Crippen LogP contribution in [0.3, 0.4) is 0 Å². The summed E-state index contributed by atoms with van der Waals surface area (Å²) in [6, 6.07) is 6.47. The number of esters is 1. The van der Waals surface area contributed by atoms with Crippen molar-refractivity contribution in [3.05, 3.63) is 121 Å². The van der Waals surface area contributed by atoms with Gasteiger partial charge in [0.25, 0.3) is 0 Å². The molecule has 2 aromatic carbocycles. The average Bonchev–Trinajstić information content (AvgIpc) is 3.58. The molecule has 21 nitrogen and oxygen atoms in total. The van der Waals surface area contributed by atoms with E-state index in [9.17, 15) is 23.5 Å². The zero-order valence-electron chi connectivity index (χ0n) is 47.7. The molecular formula is C60H65F4N15O6. The number of carboxylic acid groups (broad SMARTS) is 1. The fourth-order valence-electron chi connectivity index (χ4n) is 11.2. The van der Waals surface area contributed by atoms with E-state index < -0.39 is 46.9 Å². The first kappa shape index (κ1) is 59.2. The van der Waals surface area contributed by atoms with Gasteiger partial charge in [-0.3, -0.25) is 0 Å². The molecule has 85 heavy (non-hydrogen) atoms. The number of rotatable bonds is 12. The molecule has 6 N–H and O–H groups in total. The minimum absolute atomic E-state index is 0. The Balaban J connectivity index is 0.000000188. The summed E-state index contributed by atoms with van der Waals surface area (Å²) in [5, 5.41) is 16.9. The van der Waals surface area contributed by atoms with Crippen LogP contribution >= 0.6 is 0 Å². The second-order valence-corrected chi connectivity index (χ2v) is 21.9. The summed E-state index contributed by atoms with van der Waals surface area (Å²) >= 11 is 0. The molecule has 0 saturated carbocycles. The highest BCUT2D eigenvalue weighted by molar-refractivity contribution is 6.01. The van der Waals surface area contributed by atoms with Gasteiger partial charge in [-0.05, 0) is 60.3 Å². The highest BCUT2D eigenvalue weighted by Gasteiger charge is 2.38. The smallest absolute Gasteiger partial charge is 0.329 e. The third-order valence-corrected chi connectivity index (χ3v) is 15.2. The van der Waals surface area contributed by atoms with E-state index in [1.165, 1.54) is 18.7 Å². The van der Waals surface area contributed by atoms with Gasteiger partial charge in [0.1, 0.15) is 76.9 Å². The van der Waals surface area contributed by atoms with E-state index in [2.05, 4.69) is 50.3 Å². The number of nitrogens with zero attached hydrogens (tertiary/aromatic N) is 12. The summed E-state index contributed by atoms with van der Waals surface area (Å²) in [7, 11) is 0. The molecule has 4 aliphatic heterocycles. The van der Waals surface area contributed by atoms with Gasteiger partial charge in [0, 0.05) is 146 Å². The highest BCUT2D eigenvalue weighted by Crippen LogP contribution is 2.44. The number of fused-ring (bicyclic) bond motifs is 2. The zero-order chi connectivity index (χ0) is 58.8. The standard InChI is InChI=1S/C32H35F2N7O3.C28H27F2N7O3.H3N/c1-19-29(38-24-14-27(40-8-10-43-11-9-40)37-17-22(24)20-15-35-18-36-16-20)28-23(34)12-21(33)13-25(28)39-30(19)41-7-5-6-26(41)31(42)44-32(2,3)4;1-16-26(25-20(30)9-18(29)10-22(25)35-27(16)37-4-2-3-23(37)28(38)39)34-21-11-24(36-5-7-40-8-6-36)33-14-19(21)17-12-31-15-32-13-17;/h12-18,26H,5-11H2,1-4H3,(H,37,38,39);9-15,23H,2-8H2,1H3,(H,38,39)(H,33,34,35);1H3/t26-;23-;/m11./s1. The summed E-state index contributed by atoms with van der Waals surface area (Å²) in [5.74, 6) is -2.08. The van der Waals surface area contributed by atoms with Crippen LogP contribution < -0.4 is 36.4 Å². The average molecular weight is 1170 g/mol. The lowest BCUT2D eigenvalue weighted by molar-refractivity contribution is -0.156. The van der Waals surface area contributed by atoms with E-state index in [1.54, 1.807) is 49.0 Å². The van der Waals surface area contributed by atoms with Gasteiger partial charge in [0.2, 0.25) is 0 Å². The zero-order valence-corrected chi connectivity index (χ0v) is 47.7. The van der Waals surface area contributed by atoms with Crippen LogP contribution in [0.1, 0.15) is 57.6 Å². The third-order valence-electron chi connectivity index (χ3n) is 15.2. The SMILES string of the molecule is Cc1c(N2CCC[C@@H]2C(=O)O)nc2cc(F)cc(F)c2c1Nc1cc(N2CCOCC2)ncc1-c1cncnc1.Cc1c(N2CCC[C@@H]2C(=O)OC(C)(C)C)nc2cc(F)cc(F)c2c1Nc1cc(N2CCOCC2)ncc1-c1cncnc1.N. The monoisotopic (exact) mass is 1170 g/mol. The fourth-order valence-corrected chi connectivity index (χ4v) is 11.2. The second-order valence-electron chi connectivity index (χ2n) is 21.9. The second kappa shape index (κ2) is 25.1. The molecule has 2 atom stereocenters. The predicted octanol–water partition coefficient (Wildman–Crippen LogP) is 10.0. The van der Waals surface area contributed by atoms with E-state index in [4.69, 9.17) is 24.2 Å². The van der Waals surface area contributed by atoms with Crippen LogP contribution in [-0.2, 0) is 23.8 Å². The number of nitrogens with one attached hydrogen (secondary N) is 2. The van der Waals surface area contributed by atoms with Crippen LogP contribution in [0.2, 0.25) is 0 Å². The topological polar surface area (TPSA) is 257 Å². The quantitative estimate of drug-likeness (QED) is 0.0655. The summed E-state index contributed by atoms with van der Waals surface area (Å²) in [6.45, 7) is 15.1. The van der Waals surface area contributed by atoms with Gasteiger partial charge in [-0.15, -0.1) is 0 Å². The lowest BCUT2D eigenvalue weighted by atomic mass is 10.0. The van der Waals surface area contributed by atoms with Gasteiger partial charge in [-0.2, -0.15) is 0 Å². The summed E-state index contributed by atoms with van der Waals surface area (Å²) in [6.07, 6.45) is 15.4. The molecule has 444 valence electrons. The van der Waals surface area contributed by atoms with Crippen LogP contribution in [0.15, 0.2) is 86.2 Å². The number of carbonyl (C=O) groups excluding carboxylic acids is 1. The van der Waals surface area contributed by atoms with Crippen molar-refractivity contribution < 1.29 is 46.5 Å². The number of morpholine rings is 2. The maximum absolute atomic E-state index is 15.6. The Bertz CT molecular complexity index is 3760. The number of benzene rings is 2. The van der Waals surface area contributed by atoms with Crippen molar-refractivity contribution in [2.45, 2.75) is 78.0 Å². The Morgan fingerprint density at radius 1 is 0.600 bits per heavy atom. The Labute approximate surface area is 487 Å². The van der Waals surface area contributed by atoms with Gasteiger partial charge in [-0.1, -0.05) is 0 Å². The number of ether oxygens (including phenoxy) is 3. The van der Waals surface area contributed by atoms with Crippen molar-refractivity contribution in [3.63, 3.8) is 0 Å². The Hall–Kier alpha value is -8.94. The minimum Gasteiger partial charge on any atom is -0.480 e. The molecule has 10 heterocycles. The third kappa shape index (κ3) is 12.6. The molecule has 0 bridgehead atoms. The maximum atomic E-state index is 15.6. The predicted molar refractivity (Wildman–Crippen MR) is 315 cm³/mol. The summed E-state index contributed by atoms with van der Waals surface area (Å²) in [4.78, 5) is 68.3. The van der Waals surface area contributed by atoms with Crippen molar-refractivity contribution in [2.75, 3.05) is 95.9 Å². The summed E-state index contributed by atoms with van der Waals surface area (Å²) < 4.78 is 76.7. The van der Waals surface area contributed by atoms with Gasteiger partial charge < -0.3 is 55.7 Å². The molecule has 12 rings (SSSR count). The molecule has 0 unspecified atom stereocenters. The molecule has 0 spiro atoms. The number of hydrogen-bond acceptors (Lipinski definition) is 20. The highest BCUT2D eigenvalue weighted by atomic mass is 19.1. The Morgan fingerprint density at radius 2 is 1.01 bits per heavy atom. The van der Waals surface area contributed by atoms with E-state index in [1.807, 2.05) is 44.7 Å². The number of aliphatic carboxylic acids is 1. The first-order valence-electron chi connectivity index (χ1n) is 27.8. The molecule has 0 aliphatic carbocycles. The first-order chi connectivity index (χ1) is 40.5. The van der Waals surface area contributed by atoms with Crippen molar-refractivity contribution in [1.82, 2.24) is 46.0 Å². The van der Waals surface area contributed by atoms with Crippen LogP contribution in [0, 0.1) is 37.1 Å². The molecule has 0 amide bonds. The lowest BCUT2D eigenvalue weighted by Gasteiger charge is -2.30. The van der Waals surface area contributed by atoms with Gasteiger partial charge in [0.15, 0.2) is 0 Å². The molecule has 0 radical (unpaired) electrons. The van der Waals surface area contributed by atoms with Gasteiger partial charge in [-0.25, -0.2) is 67.0 Å². The molecular weight excluding hydrogens is 1100 g/mol. The molecule has 4 aliphatic rings. The number of anilines is 8. The molecule has 4 saturated heterocycles. The van der Waals surface area contributed by atoms with Crippen LogP contribution in [-0.4, -0.2) is 140 Å². The normalized spacial score (nSPS) is 17.1. The van der Waals surface area contributed by atoms with Crippen LogP contribution in [0.5, 0.6) is 0 Å². The number of carbonyl (C=O) groups is 2. The fraction of sp³-hybridized carbons (Fsp3) is 0.367. The number of halogens is 4. The Morgan fingerprint density at radius 3 is 1.42 bits per heavy atom. The van der Waals surface area contributed by atoms with E-state index in [-0.39, 0.29) is 33.9 Å². The Kier molecular flexibility index (Phi) is 17.5. The number of aromatic nitrogens is 8.